The van der Waals surface area contributed by atoms with E-state index in [1.165, 1.54) is 6.92 Å². The molecule has 1 unspecified atom stereocenters. The highest BCUT2D eigenvalue weighted by atomic mass is 16.5. The minimum absolute atomic E-state index is 0.0249. The molecule has 1 atom stereocenters. The van der Waals surface area contributed by atoms with Crippen LogP contribution in [0.25, 0.3) is 0 Å². The van der Waals surface area contributed by atoms with Crippen LogP contribution in [0, 0.1) is 5.41 Å². The number of likely N-dealkylation sites (tertiary alicyclic amines) is 1. The summed E-state index contributed by atoms with van der Waals surface area (Å²) in [7, 11) is 0. The minimum atomic E-state index is -0.0249. The van der Waals surface area contributed by atoms with Gasteiger partial charge >= 0.3 is 0 Å². The Morgan fingerprint density at radius 2 is 1.96 bits per heavy atom. The van der Waals surface area contributed by atoms with E-state index in [-0.39, 0.29) is 23.1 Å². The van der Waals surface area contributed by atoms with E-state index in [1.54, 1.807) is 24.3 Å². The molecule has 1 aromatic carbocycles. The Morgan fingerprint density at radius 1 is 1.29 bits per heavy atom. The molecule has 0 spiro atoms. The molecule has 1 aliphatic rings. The van der Waals surface area contributed by atoms with Crippen LogP contribution in [0.2, 0.25) is 0 Å². The van der Waals surface area contributed by atoms with Gasteiger partial charge in [-0.3, -0.25) is 9.59 Å². The molecule has 1 aliphatic heterocycles. The lowest BCUT2D eigenvalue weighted by atomic mass is 9.79. The number of carbonyl (C=O) groups excluding carboxylic acids is 2. The van der Waals surface area contributed by atoms with Crippen molar-refractivity contribution < 1.29 is 14.3 Å². The molecule has 24 heavy (non-hydrogen) atoms. The Morgan fingerprint density at radius 3 is 2.54 bits per heavy atom. The average molecular weight is 332 g/mol. The molecule has 0 aliphatic carbocycles. The van der Waals surface area contributed by atoms with Crippen molar-refractivity contribution in [1.82, 2.24) is 4.90 Å². The second kappa shape index (κ2) is 7.79. The van der Waals surface area contributed by atoms with Gasteiger partial charge in [-0.15, -0.1) is 0 Å². The van der Waals surface area contributed by atoms with Gasteiger partial charge in [0.15, 0.2) is 5.78 Å². The molecule has 0 bridgehead atoms. The standard InChI is InChI=1S/C19H28N2O3/c1-14(22)15-6-8-16(9-7-15)24-12-4-5-18(23)21-11-10-17(20)19(2,3)13-21/h6-9,17H,4-5,10-13,20H2,1-3H3. The summed E-state index contributed by atoms with van der Waals surface area (Å²) in [4.78, 5) is 25.5. The van der Waals surface area contributed by atoms with Crippen molar-refractivity contribution in [1.29, 1.82) is 0 Å². The number of ketones is 1. The van der Waals surface area contributed by atoms with Gasteiger partial charge in [-0.25, -0.2) is 0 Å². The number of hydrogen-bond acceptors (Lipinski definition) is 4. The van der Waals surface area contributed by atoms with Crippen molar-refractivity contribution in [2.24, 2.45) is 11.1 Å². The number of piperidine rings is 1. The molecule has 1 fully saturated rings. The molecule has 1 saturated heterocycles. The van der Waals surface area contributed by atoms with Gasteiger partial charge in [0.1, 0.15) is 5.75 Å². The third kappa shape index (κ3) is 4.81. The van der Waals surface area contributed by atoms with Crippen LogP contribution in [0.3, 0.4) is 0 Å². The minimum Gasteiger partial charge on any atom is -0.494 e. The molecule has 2 rings (SSSR count). The van der Waals surface area contributed by atoms with E-state index in [9.17, 15) is 9.59 Å². The fraction of sp³-hybridized carbons (Fsp3) is 0.579. The van der Waals surface area contributed by atoms with Crippen LogP contribution in [-0.2, 0) is 4.79 Å². The normalized spacial score (nSPS) is 19.8. The monoisotopic (exact) mass is 332 g/mol. The molecule has 2 N–H and O–H groups in total. The first-order valence-electron chi connectivity index (χ1n) is 8.57. The second-order valence-corrected chi connectivity index (χ2v) is 7.23. The zero-order valence-corrected chi connectivity index (χ0v) is 14.9. The summed E-state index contributed by atoms with van der Waals surface area (Å²) in [5, 5.41) is 0. The quantitative estimate of drug-likeness (QED) is 0.642. The molecule has 1 heterocycles. The first-order valence-corrected chi connectivity index (χ1v) is 8.57. The van der Waals surface area contributed by atoms with E-state index in [4.69, 9.17) is 10.5 Å². The van der Waals surface area contributed by atoms with Crippen molar-refractivity contribution in [3.05, 3.63) is 29.8 Å². The Bertz CT molecular complexity index is 581. The first-order chi connectivity index (χ1) is 11.3. The van der Waals surface area contributed by atoms with E-state index in [0.717, 1.165) is 25.3 Å². The maximum absolute atomic E-state index is 12.3. The summed E-state index contributed by atoms with van der Waals surface area (Å²) in [6, 6.07) is 7.23. The Labute approximate surface area is 144 Å². The highest BCUT2D eigenvalue weighted by Crippen LogP contribution is 2.28. The number of amides is 1. The van der Waals surface area contributed by atoms with Crippen LogP contribution in [0.5, 0.6) is 5.75 Å². The number of nitrogens with zero attached hydrogens (tertiary/aromatic N) is 1. The predicted molar refractivity (Wildman–Crippen MR) is 94.1 cm³/mol. The van der Waals surface area contributed by atoms with Crippen molar-refractivity contribution >= 4 is 11.7 Å². The molecular weight excluding hydrogens is 304 g/mol. The van der Waals surface area contributed by atoms with Gasteiger partial charge in [-0.05, 0) is 49.4 Å². The van der Waals surface area contributed by atoms with Crippen LogP contribution in [0.1, 0.15) is 50.4 Å². The SMILES string of the molecule is CC(=O)c1ccc(OCCCC(=O)N2CCC(N)C(C)(C)C2)cc1. The van der Waals surface area contributed by atoms with E-state index in [0.29, 0.717) is 25.0 Å². The van der Waals surface area contributed by atoms with Gasteiger partial charge in [0, 0.05) is 31.1 Å². The fourth-order valence-electron chi connectivity index (χ4n) is 2.94. The van der Waals surface area contributed by atoms with Crippen molar-refractivity contribution in [3.63, 3.8) is 0 Å². The van der Waals surface area contributed by atoms with E-state index in [2.05, 4.69) is 13.8 Å². The molecule has 0 aromatic heterocycles. The van der Waals surface area contributed by atoms with Crippen molar-refractivity contribution in [2.75, 3.05) is 19.7 Å². The number of nitrogens with two attached hydrogens (primary N) is 1. The van der Waals surface area contributed by atoms with Gasteiger partial charge in [0.25, 0.3) is 0 Å². The summed E-state index contributed by atoms with van der Waals surface area (Å²) in [5.41, 5.74) is 6.76. The van der Waals surface area contributed by atoms with E-state index >= 15 is 0 Å². The van der Waals surface area contributed by atoms with Gasteiger partial charge in [0.05, 0.1) is 6.61 Å². The van der Waals surface area contributed by atoms with Gasteiger partial charge in [-0.1, -0.05) is 13.8 Å². The van der Waals surface area contributed by atoms with Crippen molar-refractivity contribution in [3.8, 4) is 5.75 Å². The average Bonchev–Trinajstić information content (AvgIpc) is 2.54. The summed E-state index contributed by atoms with van der Waals surface area (Å²) in [6.07, 6.45) is 2.02. The molecule has 5 heteroatoms. The summed E-state index contributed by atoms with van der Waals surface area (Å²) < 4.78 is 5.63. The smallest absolute Gasteiger partial charge is 0.222 e. The van der Waals surface area contributed by atoms with Crippen molar-refractivity contribution in [2.45, 2.75) is 46.1 Å². The summed E-state index contributed by atoms with van der Waals surface area (Å²) in [6.45, 7) is 7.73. The zero-order valence-electron chi connectivity index (χ0n) is 14.9. The molecule has 0 radical (unpaired) electrons. The lowest BCUT2D eigenvalue weighted by molar-refractivity contribution is -0.134. The molecular formula is C19H28N2O3. The maximum Gasteiger partial charge on any atom is 0.222 e. The lowest BCUT2D eigenvalue weighted by Crippen LogP contribution is -2.54. The highest BCUT2D eigenvalue weighted by molar-refractivity contribution is 5.94. The number of Topliss-reactive ketones (excluding diaryl/α,β-unsaturated/α-hetero) is 1. The summed E-state index contributed by atoms with van der Waals surface area (Å²) in [5.74, 6) is 0.930. The number of rotatable bonds is 6. The Kier molecular flexibility index (Phi) is 5.99. The van der Waals surface area contributed by atoms with Crippen LogP contribution < -0.4 is 10.5 Å². The Hall–Kier alpha value is -1.88. The van der Waals surface area contributed by atoms with Crippen LogP contribution in [0.15, 0.2) is 24.3 Å². The largest absolute Gasteiger partial charge is 0.494 e. The third-order valence-electron chi connectivity index (χ3n) is 4.73. The number of carbonyl (C=O) groups is 2. The Balaban J connectivity index is 1.72. The topological polar surface area (TPSA) is 72.6 Å². The van der Waals surface area contributed by atoms with Gasteiger partial charge in [-0.2, -0.15) is 0 Å². The second-order valence-electron chi connectivity index (χ2n) is 7.23. The number of ether oxygens (including phenoxy) is 1. The van der Waals surface area contributed by atoms with Crippen LogP contribution >= 0.6 is 0 Å². The fourth-order valence-corrected chi connectivity index (χ4v) is 2.94. The predicted octanol–water partition coefficient (Wildman–Crippen LogP) is 2.63. The summed E-state index contributed by atoms with van der Waals surface area (Å²) >= 11 is 0. The molecule has 0 saturated carbocycles. The third-order valence-corrected chi connectivity index (χ3v) is 4.73. The van der Waals surface area contributed by atoms with E-state index < -0.39 is 0 Å². The van der Waals surface area contributed by atoms with E-state index in [1.807, 2.05) is 4.90 Å². The lowest BCUT2D eigenvalue weighted by Gasteiger charge is -2.42. The number of benzene rings is 1. The maximum atomic E-state index is 12.3. The van der Waals surface area contributed by atoms with Gasteiger partial charge in [0.2, 0.25) is 5.91 Å². The van der Waals surface area contributed by atoms with Crippen LogP contribution in [0.4, 0.5) is 0 Å². The zero-order chi connectivity index (χ0) is 17.7. The molecule has 132 valence electrons. The van der Waals surface area contributed by atoms with Crippen LogP contribution in [-0.4, -0.2) is 42.3 Å². The molecule has 1 amide bonds. The van der Waals surface area contributed by atoms with Gasteiger partial charge < -0.3 is 15.4 Å². The molecule has 1 aromatic rings. The first kappa shape index (κ1) is 18.5. The molecule has 5 nitrogen and oxygen atoms in total. The number of hydrogen-bond donors (Lipinski definition) is 1. The highest BCUT2D eigenvalue weighted by Gasteiger charge is 2.34.